The third kappa shape index (κ3) is 4.80. The molecule has 4 aromatic rings. The van der Waals surface area contributed by atoms with Crippen molar-refractivity contribution in [2.24, 2.45) is 5.92 Å². The van der Waals surface area contributed by atoms with Gasteiger partial charge in [0.25, 0.3) is 0 Å². The minimum absolute atomic E-state index is 0.0177. The average Bonchev–Trinajstić information content (AvgIpc) is 3.09. The Morgan fingerprint density at radius 2 is 1.49 bits per heavy atom. The molecule has 2 N–H and O–H groups in total. The number of rotatable bonds is 8. The topological polar surface area (TPSA) is 74.2 Å². The molecule has 1 atom stereocenters. The number of carbonyl (C=O) groups is 1. The van der Waals surface area contributed by atoms with Crippen LogP contribution in [0, 0.1) is 25.2 Å². The highest BCUT2D eigenvalue weighted by Gasteiger charge is 2.34. The highest BCUT2D eigenvalue weighted by molar-refractivity contribution is 5.76. The molecule has 1 aliphatic rings. The summed E-state index contributed by atoms with van der Waals surface area (Å²) in [5.41, 5.74) is 7.38. The first-order valence-corrected chi connectivity index (χ1v) is 12.2. The van der Waals surface area contributed by atoms with Crippen molar-refractivity contribution in [3.05, 3.63) is 101 Å². The quantitative estimate of drug-likeness (QED) is 0.403. The lowest BCUT2D eigenvalue weighted by atomic mass is 9.97. The van der Waals surface area contributed by atoms with Gasteiger partial charge in [-0.25, -0.2) is 0 Å². The number of para-hydroxylation sites is 2. The Hall–Kier alpha value is -3.64. The van der Waals surface area contributed by atoms with E-state index in [1.165, 1.54) is 22.3 Å². The number of fused-ring (bicyclic) bond motifs is 1. The lowest BCUT2D eigenvalue weighted by Crippen LogP contribution is -2.52. The molecule has 6 nitrogen and oxygen atoms in total. The first-order chi connectivity index (χ1) is 16.9. The molecule has 180 valence electrons. The molecule has 0 unspecified atom stereocenters. The van der Waals surface area contributed by atoms with Crippen LogP contribution in [0.4, 0.5) is 0 Å². The number of carboxylic acids is 1. The molecule has 0 saturated carbocycles. The summed E-state index contributed by atoms with van der Waals surface area (Å²) in [6.45, 7) is 6.65. The zero-order valence-electron chi connectivity index (χ0n) is 20.3. The molecular formula is C29H32N4O2. The van der Waals surface area contributed by atoms with E-state index in [4.69, 9.17) is 0 Å². The van der Waals surface area contributed by atoms with Gasteiger partial charge >= 0.3 is 5.97 Å². The first-order valence-electron chi connectivity index (χ1n) is 12.2. The second kappa shape index (κ2) is 9.55. The molecule has 0 aliphatic carbocycles. The van der Waals surface area contributed by atoms with Crippen molar-refractivity contribution in [3.8, 4) is 0 Å². The number of nitrogens with zero attached hydrogens (tertiary/aromatic N) is 3. The van der Waals surface area contributed by atoms with Gasteiger partial charge in [-0.2, -0.15) is 0 Å². The van der Waals surface area contributed by atoms with E-state index in [2.05, 4.69) is 88.5 Å². The molecule has 1 fully saturated rings. The number of imidazole rings is 1. The van der Waals surface area contributed by atoms with Gasteiger partial charge in [0.15, 0.2) is 0 Å². The SMILES string of the molecule is Cc1ccc(C[C@@H](CN2CC(C(=O)O)C2)n2c(=N)n(Cc3ccc(C)cc3)c3ccccc32)cc1. The molecule has 6 heteroatoms. The van der Waals surface area contributed by atoms with Gasteiger partial charge in [0, 0.05) is 19.6 Å². The van der Waals surface area contributed by atoms with Gasteiger partial charge in [-0.15, -0.1) is 0 Å². The Morgan fingerprint density at radius 3 is 2.09 bits per heavy atom. The predicted molar refractivity (Wildman–Crippen MR) is 138 cm³/mol. The monoisotopic (exact) mass is 468 g/mol. The summed E-state index contributed by atoms with van der Waals surface area (Å²) < 4.78 is 4.23. The van der Waals surface area contributed by atoms with Crippen molar-refractivity contribution in [2.75, 3.05) is 19.6 Å². The zero-order valence-corrected chi connectivity index (χ0v) is 20.3. The van der Waals surface area contributed by atoms with E-state index in [1.54, 1.807) is 0 Å². The van der Waals surface area contributed by atoms with E-state index in [9.17, 15) is 15.3 Å². The molecule has 1 saturated heterocycles. The molecular weight excluding hydrogens is 436 g/mol. The number of hydrogen-bond donors (Lipinski definition) is 2. The maximum atomic E-state index is 11.4. The molecule has 0 radical (unpaired) electrons. The number of aliphatic carboxylic acids is 1. The summed E-state index contributed by atoms with van der Waals surface area (Å²) in [6.07, 6.45) is 0.781. The highest BCUT2D eigenvalue weighted by Crippen LogP contribution is 2.25. The van der Waals surface area contributed by atoms with Crippen molar-refractivity contribution in [1.82, 2.24) is 14.0 Å². The fraction of sp³-hybridized carbons (Fsp3) is 0.310. The van der Waals surface area contributed by atoms with Gasteiger partial charge in [-0.1, -0.05) is 71.8 Å². The largest absolute Gasteiger partial charge is 0.481 e. The number of aromatic nitrogens is 2. The fourth-order valence-electron chi connectivity index (χ4n) is 5.07. The smallest absolute Gasteiger partial charge is 0.309 e. The van der Waals surface area contributed by atoms with E-state index >= 15 is 0 Å². The van der Waals surface area contributed by atoms with E-state index in [-0.39, 0.29) is 12.0 Å². The lowest BCUT2D eigenvalue weighted by molar-refractivity contribution is -0.147. The molecule has 5 rings (SSSR count). The van der Waals surface area contributed by atoms with Crippen molar-refractivity contribution < 1.29 is 9.90 Å². The van der Waals surface area contributed by atoms with Crippen molar-refractivity contribution in [2.45, 2.75) is 32.9 Å². The Balaban J connectivity index is 1.54. The van der Waals surface area contributed by atoms with E-state index in [0.717, 1.165) is 17.5 Å². The summed E-state index contributed by atoms with van der Waals surface area (Å²) in [4.78, 5) is 13.6. The second-order valence-corrected chi connectivity index (χ2v) is 9.85. The Morgan fingerprint density at radius 1 is 0.914 bits per heavy atom. The molecule has 1 aromatic heterocycles. The first kappa shape index (κ1) is 23.1. The van der Waals surface area contributed by atoms with Crippen LogP contribution in [0.25, 0.3) is 11.0 Å². The van der Waals surface area contributed by atoms with Crippen LogP contribution in [0.15, 0.2) is 72.8 Å². The van der Waals surface area contributed by atoms with Crippen LogP contribution in [0.5, 0.6) is 0 Å². The van der Waals surface area contributed by atoms with Gasteiger partial charge in [0.05, 0.1) is 29.5 Å². The molecule has 35 heavy (non-hydrogen) atoms. The molecule has 3 aromatic carbocycles. The summed E-state index contributed by atoms with van der Waals surface area (Å²) in [5.74, 6) is -1.02. The lowest BCUT2D eigenvalue weighted by Gasteiger charge is -2.39. The van der Waals surface area contributed by atoms with Crippen LogP contribution in [-0.2, 0) is 17.8 Å². The number of hydrogen-bond acceptors (Lipinski definition) is 3. The number of carboxylic acid groups (broad SMARTS) is 1. The van der Waals surface area contributed by atoms with Crippen molar-refractivity contribution >= 4 is 17.0 Å². The number of nitrogens with one attached hydrogen (secondary N) is 1. The van der Waals surface area contributed by atoms with Crippen LogP contribution in [0.3, 0.4) is 0 Å². The molecule has 0 spiro atoms. The van der Waals surface area contributed by atoms with Crippen LogP contribution >= 0.6 is 0 Å². The third-order valence-corrected chi connectivity index (χ3v) is 7.11. The molecule has 0 amide bonds. The van der Waals surface area contributed by atoms with Crippen molar-refractivity contribution in [3.63, 3.8) is 0 Å². The summed E-state index contributed by atoms with van der Waals surface area (Å²) >= 11 is 0. The minimum atomic E-state index is -0.722. The van der Waals surface area contributed by atoms with Gasteiger partial charge in [-0.05, 0) is 43.5 Å². The Labute approximate surface area is 205 Å². The van der Waals surface area contributed by atoms with Crippen molar-refractivity contribution in [1.29, 1.82) is 5.41 Å². The standard InChI is InChI=1S/C29H32N4O2/c1-20-7-11-22(12-8-20)15-25(19-31-17-24(18-31)28(34)35)33-27-6-4-3-5-26(27)32(29(33)30)16-23-13-9-21(2)10-14-23/h3-14,24-25,30H,15-19H2,1-2H3,(H,34,35)/t25-/m0/s1. The molecule has 1 aliphatic heterocycles. The van der Waals surface area contributed by atoms with Gasteiger partial charge < -0.3 is 14.2 Å². The van der Waals surface area contributed by atoms with E-state index < -0.39 is 5.97 Å². The maximum absolute atomic E-state index is 11.4. The average molecular weight is 469 g/mol. The summed E-state index contributed by atoms with van der Waals surface area (Å²) in [5, 5.41) is 18.6. The molecule has 2 heterocycles. The number of benzene rings is 3. The Bertz CT molecular complexity index is 1390. The van der Waals surface area contributed by atoms with Crippen LogP contribution in [0.1, 0.15) is 28.3 Å². The van der Waals surface area contributed by atoms with Crippen LogP contribution in [-0.4, -0.2) is 44.7 Å². The van der Waals surface area contributed by atoms with E-state index in [0.29, 0.717) is 31.8 Å². The predicted octanol–water partition coefficient (Wildman–Crippen LogP) is 4.39. The number of aryl methyl sites for hydroxylation is 2. The van der Waals surface area contributed by atoms with Crippen LogP contribution < -0.4 is 5.62 Å². The third-order valence-electron chi connectivity index (χ3n) is 7.11. The van der Waals surface area contributed by atoms with Gasteiger partial charge in [-0.3, -0.25) is 15.1 Å². The Kier molecular flexibility index (Phi) is 6.31. The highest BCUT2D eigenvalue weighted by atomic mass is 16.4. The van der Waals surface area contributed by atoms with E-state index in [1.807, 2.05) is 12.1 Å². The van der Waals surface area contributed by atoms with Crippen LogP contribution in [0.2, 0.25) is 0 Å². The number of likely N-dealkylation sites (tertiary alicyclic amines) is 1. The second-order valence-electron chi connectivity index (χ2n) is 9.85. The summed E-state index contributed by atoms with van der Waals surface area (Å²) in [6, 6.07) is 25.3. The molecule has 0 bridgehead atoms. The summed E-state index contributed by atoms with van der Waals surface area (Å²) in [7, 11) is 0. The zero-order chi connectivity index (χ0) is 24.5. The fourth-order valence-corrected chi connectivity index (χ4v) is 5.07. The normalized spacial score (nSPS) is 15.3. The minimum Gasteiger partial charge on any atom is -0.481 e. The van der Waals surface area contributed by atoms with Gasteiger partial charge in [0.1, 0.15) is 0 Å². The maximum Gasteiger partial charge on any atom is 0.309 e. The van der Waals surface area contributed by atoms with Gasteiger partial charge in [0.2, 0.25) is 5.62 Å².